The summed E-state index contributed by atoms with van der Waals surface area (Å²) in [5.74, 6) is -0.226. The van der Waals surface area contributed by atoms with Gasteiger partial charge in [0.1, 0.15) is 5.82 Å². The summed E-state index contributed by atoms with van der Waals surface area (Å²) < 4.78 is 13.7. The van der Waals surface area contributed by atoms with Crippen molar-refractivity contribution in [3.05, 3.63) is 34.2 Å². The van der Waals surface area contributed by atoms with E-state index in [1.54, 1.807) is 0 Å². The van der Waals surface area contributed by atoms with E-state index in [4.69, 9.17) is 0 Å². The van der Waals surface area contributed by atoms with E-state index in [2.05, 4.69) is 20.9 Å². The van der Waals surface area contributed by atoms with Gasteiger partial charge >= 0.3 is 0 Å². The SMILES string of the molecule is Cc1c[nH]c2cc(F)cc(Br)c12. The van der Waals surface area contributed by atoms with Crippen molar-refractivity contribution in [2.24, 2.45) is 0 Å². The molecule has 3 heteroatoms. The summed E-state index contributed by atoms with van der Waals surface area (Å²) >= 11 is 3.32. The molecule has 12 heavy (non-hydrogen) atoms. The van der Waals surface area contributed by atoms with Crippen molar-refractivity contribution in [2.75, 3.05) is 0 Å². The fourth-order valence-corrected chi connectivity index (χ4v) is 2.09. The van der Waals surface area contributed by atoms with Crippen LogP contribution in [0.2, 0.25) is 0 Å². The molecule has 1 aromatic carbocycles. The van der Waals surface area contributed by atoms with E-state index in [0.29, 0.717) is 0 Å². The summed E-state index contributed by atoms with van der Waals surface area (Å²) in [6.07, 6.45) is 1.87. The largest absolute Gasteiger partial charge is 0.361 e. The minimum atomic E-state index is -0.226. The molecule has 0 bridgehead atoms. The second-order valence-electron chi connectivity index (χ2n) is 2.78. The maximum Gasteiger partial charge on any atom is 0.126 e. The molecular formula is C9H7BrFN. The van der Waals surface area contributed by atoms with Gasteiger partial charge in [-0.1, -0.05) is 0 Å². The van der Waals surface area contributed by atoms with Gasteiger partial charge in [0.05, 0.1) is 0 Å². The van der Waals surface area contributed by atoms with Gasteiger partial charge in [0.2, 0.25) is 0 Å². The van der Waals surface area contributed by atoms with Crippen LogP contribution in [0.1, 0.15) is 5.56 Å². The summed E-state index contributed by atoms with van der Waals surface area (Å²) in [4.78, 5) is 3.00. The van der Waals surface area contributed by atoms with Crippen molar-refractivity contribution in [3.63, 3.8) is 0 Å². The first-order chi connectivity index (χ1) is 5.68. The van der Waals surface area contributed by atoms with E-state index >= 15 is 0 Å². The van der Waals surface area contributed by atoms with Crippen LogP contribution in [-0.2, 0) is 0 Å². The van der Waals surface area contributed by atoms with Crippen molar-refractivity contribution in [1.82, 2.24) is 4.98 Å². The number of nitrogens with one attached hydrogen (secondary N) is 1. The quantitative estimate of drug-likeness (QED) is 0.711. The van der Waals surface area contributed by atoms with Crippen LogP contribution in [0.3, 0.4) is 0 Å². The van der Waals surface area contributed by atoms with E-state index in [9.17, 15) is 4.39 Å². The Kier molecular flexibility index (Phi) is 1.68. The Balaban J connectivity index is 2.93. The molecule has 0 aliphatic carbocycles. The molecule has 1 heterocycles. The molecule has 0 spiro atoms. The number of aromatic nitrogens is 1. The maximum atomic E-state index is 12.9. The van der Waals surface area contributed by atoms with E-state index in [-0.39, 0.29) is 5.82 Å². The second kappa shape index (κ2) is 2.59. The Labute approximate surface area is 77.7 Å². The van der Waals surface area contributed by atoms with Crippen molar-refractivity contribution >= 4 is 26.8 Å². The summed E-state index contributed by atoms with van der Waals surface area (Å²) in [6.45, 7) is 1.99. The Morgan fingerprint density at radius 2 is 2.17 bits per heavy atom. The molecule has 2 aromatic rings. The number of hydrogen-bond acceptors (Lipinski definition) is 0. The molecule has 1 aromatic heterocycles. The predicted molar refractivity (Wildman–Crippen MR) is 50.7 cm³/mol. The molecule has 1 N–H and O–H groups in total. The van der Waals surface area contributed by atoms with Gasteiger partial charge in [-0.2, -0.15) is 0 Å². The van der Waals surface area contributed by atoms with Crippen LogP contribution in [0.4, 0.5) is 4.39 Å². The first kappa shape index (κ1) is 7.80. The van der Waals surface area contributed by atoms with E-state index < -0.39 is 0 Å². The topological polar surface area (TPSA) is 15.8 Å². The first-order valence-electron chi connectivity index (χ1n) is 3.61. The standard InChI is InChI=1S/C9H7BrFN/c1-5-4-12-8-3-6(11)2-7(10)9(5)8/h2-4,12H,1H3. The highest BCUT2D eigenvalue weighted by molar-refractivity contribution is 9.10. The molecule has 0 aliphatic rings. The summed E-state index contributed by atoms with van der Waals surface area (Å²) in [5.41, 5.74) is 1.95. The molecule has 0 saturated heterocycles. The highest BCUT2D eigenvalue weighted by atomic mass is 79.9. The van der Waals surface area contributed by atoms with Crippen LogP contribution in [0, 0.1) is 12.7 Å². The Morgan fingerprint density at radius 1 is 1.42 bits per heavy atom. The maximum absolute atomic E-state index is 12.9. The van der Waals surface area contributed by atoms with Gasteiger partial charge in [0, 0.05) is 21.6 Å². The van der Waals surface area contributed by atoms with Crippen molar-refractivity contribution in [1.29, 1.82) is 0 Å². The average molecular weight is 228 g/mol. The molecule has 0 radical (unpaired) electrons. The molecule has 0 aliphatic heterocycles. The Morgan fingerprint density at radius 3 is 2.92 bits per heavy atom. The third-order valence-electron chi connectivity index (χ3n) is 1.89. The van der Waals surface area contributed by atoms with Crippen molar-refractivity contribution in [3.8, 4) is 0 Å². The summed E-state index contributed by atoms with van der Waals surface area (Å²) in [6, 6.07) is 2.97. The minimum Gasteiger partial charge on any atom is -0.361 e. The number of aryl methyl sites for hydroxylation is 1. The highest BCUT2D eigenvalue weighted by Gasteiger charge is 2.05. The number of fused-ring (bicyclic) bond motifs is 1. The molecule has 0 atom stereocenters. The lowest BCUT2D eigenvalue weighted by Crippen LogP contribution is -1.76. The van der Waals surface area contributed by atoms with Crippen LogP contribution in [0.25, 0.3) is 10.9 Å². The lowest BCUT2D eigenvalue weighted by atomic mass is 10.2. The minimum absolute atomic E-state index is 0.226. The van der Waals surface area contributed by atoms with E-state index in [0.717, 1.165) is 20.9 Å². The lowest BCUT2D eigenvalue weighted by molar-refractivity contribution is 0.628. The van der Waals surface area contributed by atoms with Gasteiger partial charge in [0.15, 0.2) is 0 Å². The molecule has 0 amide bonds. The number of halogens is 2. The second-order valence-corrected chi connectivity index (χ2v) is 3.64. The Bertz CT molecular complexity index is 433. The van der Waals surface area contributed by atoms with Crippen LogP contribution in [-0.4, -0.2) is 4.98 Å². The average Bonchev–Trinajstić information content (AvgIpc) is 2.31. The number of aromatic amines is 1. The zero-order chi connectivity index (χ0) is 8.72. The van der Waals surface area contributed by atoms with Gasteiger partial charge in [-0.15, -0.1) is 0 Å². The van der Waals surface area contributed by atoms with E-state index in [1.807, 2.05) is 13.1 Å². The summed E-state index contributed by atoms with van der Waals surface area (Å²) in [7, 11) is 0. The van der Waals surface area contributed by atoms with E-state index in [1.165, 1.54) is 12.1 Å². The fraction of sp³-hybridized carbons (Fsp3) is 0.111. The van der Waals surface area contributed by atoms with Gasteiger partial charge in [-0.3, -0.25) is 0 Å². The van der Waals surface area contributed by atoms with Crippen LogP contribution >= 0.6 is 15.9 Å². The predicted octanol–water partition coefficient (Wildman–Crippen LogP) is 3.38. The van der Waals surface area contributed by atoms with Gasteiger partial charge in [0.25, 0.3) is 0 Å². The Hall–Kier alpha value is -0.830. The fourth-order valence-electron chi connectivity index (χ4n) is 1.35. The third kappa shape index (κ3) is 1.05. The number of rotatable bonds is 0. The first-order valence-corrected chi connectivity index (χ1v) is 4.40. The monoisotopic (exact) mass is 227 g/mol. The van der Waals surface area contributed by atoms with Crippen LogP contribution in [0.5, 0.6) is 0 Å². The van der Waals surface area contributed by atoms with Gasteiger partial charge in [-0.05, 0) is 40.5 Å². The molecule has 2 rings (SSSR count). The van der Waals surface area contributed by atoms with Crippen molar-refractivity contribution < 1.29 is 4.39 Å². The molecule has 0 saturated carbocycles. The van der Waals surface area contributed by atoms with Gasteiger partial charge in [-0.25, -0.2) is 4.39 Å². The summed E-state index contributed by atoms with van der Waals surface area (Å²) in [5, 5.41) is 1.05. The third-order valence-corrected chi connectivity index (χ3v) is 2.52. The van der Waals surface area contributed by atoms with Crippen molar-refractivity contribution in [2.45, 2.75) is 6.92 Å². The molecular weight excluding hydrogens is 221 g/mol. The zero-order valence-electron chi connectivity index (χ0n) is 6.49. The number of hydrogen-bond donors (Lipinski definition) is 1. The lowest BCUT2D eigenvalue weighted by Gasteiger charge is -1.95. The van der Waals surface area contributed by atoms with Crippen LogP contribution in [0.15, 0.2) is 22.8 Å². The number of benzene rings is 1. The van der Waals surface area contributed by atoms with Gasteiger partial charge < -0.3 is 4.98 Å². The number of H-pyrrole nitrogens is 1. The molecule has 1 nitrogen and oxygen atoms in total. The zero-order valence-corrected chi connectivity index (χ0v) is 8.07. The molecule has 0 unspecified atom stereocenters. The smallest absolute Gasteiger partial charge is 0.126 e. The molecule has 62 valence electrons. The highest BCUT2D eigenvalue weighted by Crippen LogP contribution is 2.27. The normalized spacial score (nSPS) is 10.9. The van der Waals surface area contributed by atoms with Crippen LogP contribution < -0.4 is 0 Å². The molecule has 0 fully saturated rings.